The number of aliphatic hydroxyl groups excluding tert-OH is 1. The van der Waals surface area contributed by atoms with Gasteiger partial charge in [0.1, 0.15) is 18.2 Å². The van der Waals surface area contributed by atoms with Gasteiger partial charge in [-0.25, -0.2) is 4.39 Å². The minimum absolute atomic E-state index is 0.301. The van der Waals surface area contributed by atoms with Crippen LogP contribution >= 0.6 is 0 Å². The van der Waals surface area contributed by atoms with Gasteiger partial charge in [0.2, 0.25) is 0 Å². The maximum absolute atomic E-state index is 12.6. The van der Waals surface area contributed by atoms with Crippen LogP contribution in [0.25, 0.3) is 0 Å². The van der Waals surface area contributed by atoms with Crippen molar-refractivity contribution >= 4 is 6.29 Å². The van der Waals surface area contributed by atoms with Crippen molar-refractivity contribution < 1.29 is 14.3 Å². The SMILES string of the molecule is O=CC(O)C1(c2ccc(F)cc2)CC1. The molecule has 2 rings (SSSR count). The molecule has 1 aromatic rings. The van der Waals surface area contributed by atoms with E-state index in [0.29, 0.717) is 6.29 Å². The Hall–Kier alpha value is -1.22. The van der Waals surface area contributed by atoms with E-state index in [4.69, 9.17) is 0 Å². The first-order valence-electron chi connectivity index (χ1n) is 4.58. The lowest BCUT2D eigenvalue weighted by molar-refractivity contribution is -0.116. The van der Waals surface area contributed by atoms with Crippen molar-refractivity contribution in [3.05, 3.63) is 35.6 Å². The average Bonchev–Trinajstić information content (AvgIpc) is 2.99. The molecule has 1 N–H and O–H groups in total. The van der Waals surface area contributed by atoms with Gasteiger partial charge in [0.05, 0.1) is 0 Å². The van der Waals surface area contributed by atoms with E-state index in [1.54, 1.807) is 12.1 Å². The summed E-state index contributed by atoms with van der Waals surface area (Å²) in [4.78, 5) is 10.5. The number of aliphatic hydroxyl groups is 1. The number of carbonyl (C=O) groups is 1. The summed E-state index contributed by atoms with van der Waals surface area (Å²) in [6.45, 7) is 0. The molecule has 0 bridgehead atoms. The van der Waals surface area contributed by atoms with Crippen molar-refractivity contribution in [3.63, 3.8) is 0 Å². The largest absolute Gasteiger partial charge is 0.385 e. The molecule has 1 fully saturated rings. The van der Waals surface area contributed by atoms with Crippen LogP contribution in [0.5, 0.6) is 0 Å². The molecule has 0 radical (unpaired) electrons. The minimum atomic E-state index is -0.965. The summed E-state index contributed by atoms with van der Waals surface area (Å²) in [5, 5.41) is 9.51. The van der Waals surface area contributed by atoms with Crippen molar-refractivity contribution in [2.45, 2.75) is 24.4 Å². The Morgan fingerprint density at radius 3 is 2.36 bits per heavy atom. The van der Waals surface area contributed by atoms with Crippen molar-refractivity contribution in [2.24, 2.45) is 0 Å². The third kappa shape index (κ3) is 1.34. The second-order valence-electron chi connectivity index (χ2n) is 3.74. The maximum atomic E-state index is 12.6. The summed E-state index contributed by atoms with van der Waals surface area (Å²) in [7, 11) is 0. The summed E-state index contributed by atoms with van der Waals surface area (Å²) < 4.78 is 12.6. The van der Waals surface area contributed by atoms with E-state index in [-0.39, 0.29) is 5.82 Å². The van der Waals surface area contributed by atoms with Gasteiger partial charge in [0, 0.05) is 5.41 Å². The second kappa shape index (κ2) is 3.17. The van der Waals surface area contributed by atoms with Crippen molar-refractivity contribution in [1.29, 1.82) is 0 Å². The van der Waals surface area contributed by atoms with Gasteiger partial charge in [-0.1, -0.05) is 12.1 Å². The molecule has 1 atom stereocenters. The Bertz CT molecular complexity index is 341. The topological polar surface area (TPSA) is 37.3 Å². The lowest BCUT2D eigenvalue weighted by Crippen LogP contribution is -2.27. The zero-order valence-electron chi connectivity index (χ0n) is 7.61. The highest BCUT2D eigenvalue weighted by molar-refractivity contribution is 5.62. The number of rotatable bonds is 3. The standard InChI is InChI=1S/C11H11FO2/c12-9-3-1-8(2-4-9)11(5-6-11)10(14)7-13/h1-4,7,10,14H,5-6H2. The molecule has 3 heteroatoms. The fourth-order valence-corrected chi connectivity index (χ4v) is 1.80. The molecule has 1 aromatic carbocycles. The fourth-order valence-electron chi connectivity index (χ4n) is 1.80. The van der Waals surface area contributed by atoms with Crippen LogP contribution in [-0.4, -0.2) is 17.5 Å². The van der Waals surface area contributed by atoms with Crippen LogP contribution in [0.4, 0.5) is 4.39 Å². The molecule has 0 aliphatic heterocycles. The molecule has 2 nitrogen and oxygen atoms in total. The Labute approximate surface area is 81.4 Å². The Kier molecular flexibility index (Phi) is 2.11. The normalized spacial score (nSPS) is 20.1. The molecule has 1 saturated carbocycles. The molecule has 0 spiro atoms. The van der Waals surface area contributed by atoms with Crippen LogP contribution in [-0.2, 0) is 10.2 Å². The highest BCUT2D eigenvalue weighted by Crippen LogP contribution is 2.50. The fraction of sp³-hybridized carbons (Fsp3) is 0.364. The number of aldehydes is 1. The van der Waals surface area contributed by atoms with Gasteiger partial charge in [-0.3, -0.25) is 0 Å². The van der Waals surface area contributed by atoms with Crippen molar-refractivity contribution in [2.75, 3.05) is 0 Å². The summed E-state index contributed by atoms with van der Waals surface area (Å²) in [6, 6.07) is 5.98. The van der Waals surface area contributed by atoms with Crippen molar-refractivity contribution in [3.8, 4) is 0 Å². The molecule has 0 amide bonds. The first kappa shape index (κ1) is 9.34. The number of hydrogen-bond donors (Lipinski definition) is 1. The Balaban J connectivity index is 2.30. The molecular formula is C11H11FO2. The predicted molar refractivity (Wildman–Crippen MR) is 49.4 cm³/mol. The molecule has 74 valence electrons. The quantitative estimate of drug-likeness (QED) is 0.739. The van der Waals surface area contributed by atoms with E-state index in [0.717, 1.165) is 18.4 Å². The summed E-state index contributed by atoms with van der Waals surface area (Å²) in [5.41, 5.74) is 0.411. The molecule has 1 aliphatic carbocycles. The molecule has 0 saturated heterocycles. The van der Waals surface area contributed by atoms with Crippen LogP contribution in [0.3, 0.4) is 0 Å². The zero-order chi connectivity index (χ0) is 10.2. The number of halogens is 1. The molecule has 0 heterocycles. The van der Waals surface area contributed by atoms with Gasteiger partial charge in [-0.05, 0) is 30.5 Å². The van der Waals surface area contributed by atoms with Gasteiger partial charge in [0.25, 0.3) is 0 Å². The molecule has 0 aromatic heterocycles. The maximum Gasteiger partial charge on any atom is 0.149 e. The van der Waals surface area contributed by atoms with Gasteiger partial charge in [0.15, 0.2) is 0 Å². The monoisotopic (exact) mass is 194 g/mol. The van der Waals surface area contributed by atoms with E-state index in [2.05, 4.69) is 0 Å². The summed E-state index contributed by atoms with van der Waals surface area (Å²) >= 11 is 0. The summed E-state index contributed by atoms with van der Waals surface area (Å²) in [6.07, 6.45) is 1.17. The van der Waals surface area contributed by atoms with Crippen molar-refractivity contribution in [1.82, 2.24) is 0 Å². The molecule has 14 heavy (non-hydrogen) atoms. The molecule has 1 aliphatic rings. The average molecular weight is 194 g/mol. The van der Waals surface area contributed by atoms with Crippen LogP contribution < -0.4 is 0 Å². The van der Waals surface area contributed by atoms with E-state index in [1.165, 1.54) is 12.1 Å². The third-order valence-corrected chi connectivity index (χ3v) is 2.90. The van der Waals surface area contributed by atoms with Crippen LogP contribution in [0.15, 0.2) is 24.3 Å². The number of hydrogen-bond acceptors (Lipinski definition) is 2. The van der Waals surface area contributed by atoms with Gasteiger partial charge >= 0.3 is 0 Å². The molecule has 1 unspecified atom stereocenters. The predicted octanol–water partition coefficient (Wildman–Crippen LogP) is 1.42. The first-order valence-corrected chi connectivity index (χ1v) is 4.58. The van der Waals surface area contributed by atoms with E-state index < -0.39 is 11.5 Å². The first-order chi connectivity index (χ1) is 6.69. The smallest absolute Gasteiger partial charge is 0.149 e. The lowest BCUT2D eigenvalue weighted by Gasteiger charge is -2.17. The van der Waals surface area contributed by atoms with Crippen LogP contribution in [0.1, 0.15) is 18.4 Å². The minimum Gasteiger partial charge on any atom is -0.385 e. The van der Waals surface area contributed by atoms with Crippen LogP contribution in [0.2, 0.25) is 0 Å². The number of benzene rings is 1. The van der Waals surface area contributed by atoms with Gasteiger partial charge < -0.3 is 9.90 Å². The van der Waals surface area contributed by atoms with E-state index >= 15 is 0 Å². The van der Waals surface area contributed by atoms with Gasteiger partial charge in [-0.2, -0.15) is 0 Å². The summed E-state index contributed by atoms with van der Waals surface area (Å²) in [5.74, 6) is -0.301. The lowest BCUT2D eigenvalue weighted by atomic mass is 9.91. The highest BCUT2D eigenvalue weighted by Gasteiger charge is 2.50. The van der Waals surface area contributed by atoms with Gasteiger partial charge in [-0.15, -0.1) is 0 Å². The third-order valence-electron chi connectivity index (χ3n) is 2.90. The van der Waals surface area contributed by atoms with Crippen LogP contribution in [0, 0.1) is 5.82 Å². The zero-order valence-corrected chi connectivity index (χ0v) is 7.61. The Morgan fingerprint density at radius 1 is 1.36 bits per heavy atom. The Morgan fingerprint density at radius 2 is 1.93 bits per heavy atom. The highest BCUT2D eigenvalue weighted by atomic mass is 19.1. The second-order valence-corrected chi connectivity index (χ2v) is 3.74. The van der Waals surface area contributed by atoms with E-state index in [9.17, 15) is 14.3 Å². The number of carbonyl (C=O) groups excluding carboxylic acids is 1. The van der Waals surface area contributed by atoms with E-state index in [1.807, 2.05) is 0 Å². The molecular weight excluding hydrogens is 183 g/mol.